The number of benzene rings is 1. The second-order valence-corrected chi connectivity index (χ2v) is 4.20. The van der Waals surface area contributed by atoms with Crippen LogP contribution in [-0.4, -0.2) is 26.2 Å². The number of carbonyl (C=O) groups excluding carboxylic acids is 1. The van der Waals surface area contributed by atoms with Gasteiger partial charge in [0.1, 0.15) is 0 Å². The average molecular weight is 260 g/mol. The molecule has 1 aromatic rings. The SMILES string of the molecule is COCCCC(=O)Nc1cc(C)ccc1C#CCN. The van der Waals surface area contributed by atoms with Gasteiger partial charge in [-0.1, -0.05) is 17.9 Å². The molecule has 4 heteroatoms. The zero-order valence-electron chi connectivity index (χ0n) is 11.5. The van der Waals surface area contributed by atoms with Crippen LogP contribution in [-0.2, 0) is 9.53 Å². The molecule has 0 saturated carbocycles. The van der Waals surface area contributed by atoms with Crippen molar-refractivity contribution in [2.24, 2.45) is 5.73 Å². The molecule has 0 atom stereocenters. The summed E-state index contributed by atoms with van der Waals surface area (Å²) in [5.41, 5.74) is 7.97. The molecule has 4 nitrogen and oxygen atoms in total. The Morgan fingerprint density at radius 2 is 2.26 bits per heavy atom. The number of nitrogens with two attached hydrogens (primary N) is 1. The van der Waals surface area contributed by atoms with Gasteiger partial charge in [-0.15, -0.1) is 0 Å². The normalized spacial score (nSPS) is 9.63. The Labute approximate surface area is 114 Å². The molecule has 0 radical (unpaired) electrons. The van der Waals surface area contributed by atoms with Crippen molar-refractivity contribution in [2.45, 2.75) is 19.8 Å². The molecule has 102 valence electrons. The molecule has 1 amide bonds. The molecular formula is C15H20N2O2. The van der Waals surface area contributed by atoms with Gasteiger partial charge < -0.3 is 15.8 Å². The van der Waals surface area contributed by atoms with Crippen LogP contribution in [0.5, 0.6) is 0 Å². The minimum absolute atomic E-state index is 0.0292. The fraction of sp³-hybridized carbons (Fsp3) is 0.400. The van der Waals surface area contributed by atoms with Crippen molar-refractivity contribution in [3.63, 3.8) is 0 Å². The monoisotopic (exact) mass is 260 g/mol. The first-order chi connectivity index (χ1) is 9.17. The topological polar surface area (TPSA) is 64.3 Å². The number of rotatable bonds is 5. The summed E-state index contributed by atoms with van der Waals surface area (Å²) in [6.07, 6.45) is 1.14. The molecule has 3 N–H and O–H groups in total. The molecule has 0 heterocycles. The summed E-state index contributed by atoms with van der Waals surface area (Å²) in [6.45, 7) is 2.86. The number of hydrogen-bond donors (Lipinski definition) is 2. The number of ether oxygens (including phenoxy) is 1. The molecule has 1 rings (SSSR count). The smallest absolute Gasteiger partial charge is 0.224 e. The van der Waals surface area contributed by atoms with Crippen LogP contribution in [0, 0.1) is 18.8 Å². The quantitative estimate of drug-likeness (QED) is 0.625. The van der Waals surface area contributed by atoms with E-state index in [1.54, 1.807) is 7.11 Å². The second kappa shape index (κ2) is 8.30. The van der Waals surface area contributed by atoms with E-state index < -0.39 is 0 Å². The molecule has 0 aliphatic rings. The Kier molecular flexibility index (Phi) is 6.65. The average Bonchev–Trinajstić information content (AvgIpc) is 2.38. The molecule has 0 spiro atoms. The van der Waals surface area contributed by atoms with Gasteiger partial charge in [0.25, 0.3) is 0 Å². The minimum Gasteiger partial charge on any atom is -0.385 e. The van der Waals surface area contributed by atoms with Gasteiger partial charge in [0.2, 0.25) is 5.91 Å². The van der Waals surface area contributed by atoms with E-state index in [4.69, 9.17) is 10.5 Å². The van der Waals surface area contributed by atoms with Crippen LogP contribution in [0.15, 0.2) is 18.2 Å². The van der Waals surface area contributed by atoms with Crippen LogP contribution in [0.2, 0.25) is 0 Å². The van der Waals surface area contributed by atoms with Gasteiger partial charge in [0.05, 0.1) is 12.2 Å². The maximum absolute atomic E-state index is 11.8. The molecule has 0 aliphatic heterocycles. The van der Waals surface area contributed by atoms with Crippen LogP contribution in [0.25, 0.3) is 0 Å². The van der Waals surface area contributed by atoms with Crippen LogP contribution in [0.1, 0.15) is 24.0 Å². The zero-order chi connectivity index (χ0) is 14.1. The van der Waals surface area contributed by atoms with Crippen LogP contribution < -0.4 is 11.1 Å². The van der Waals surface area contributed by atoms with Crippen molar-refractivity contribution in [3.8, 4) is 11.8 Å². The van der Waals surface area contributed by atoms with Gasteiger partial charge in [-0.05, 0) is 31.0 Å². The molecule has 0 aromatic heterocycles. The lowest BCUT2D eigenvalue weighted by molar-refractivity contribution is -0.116. The number of hydrogen-bond acceptors (Lipinski definition) is 3. The number of amides is 1. The van der Waals surface area contributed by atoms with Crippen LogP contribution >= 0.6 is 0 Å². The maximum Gasteiger partial charge on any atom is 0.224 e. The van der Waals surface area contributed by atoms with Gasteiger partial charge in [0.15, 0.2) is 0 Å². The lowest BCUT2D eigenvalue weighted by Gasteiger charge is -2.08. The molecule has 0 aliphatic carbocycles. The van der Waals surface area contributed by atoms with Crippen LogP contribution in [0.3, 0.4) is 0 Å². The fourth-order valence-corrected chi connectivity index (χ4v) is 1.61. The summed E-state index contributed by atoms with van der Waals surface area (Å²) >= 11 is 0. The number of methoxy groups -OCH3 is 1. The Balaban J connectivity index is 2.75. The summed E-state index contributed by atoms with van der Waals surface area (Å²) in [5.74, 6) is 5.73. The van der Waals surface area contributed by atoms with E-state index in [0.29, 0.717) is 26.0 Å². The Morgan fingerprint density at radius 3 is 2.95 bits per heavy atom. The second-order valence-electron chi connectivity index (χ2n) is 4.20. The molecule has 0 unspecified atom stereocenters. The largest absolute Gasteiger partial charge is 0.385 e. The summed E-state index contributed by atoms with van der Waals surface area (Å²) < 4.78 is 4.92. The summed E-state index contributed by atoms with van der Waals surface area (Å²) in [5, 5.41) is 2.88. The number of carbonyl (C=O) groups is 1. The molecule has 0 saturated heterocycles. The van der Waals surface area contributed by atoms with E-state index in [9.17, 15) is 4.79 Å². The first kappa shape index (κ1) is 15.2. The van der Waals surface area contributed by atoms with Gasteiger partial charge in [-0.2, -0.15) is 0 Å². The lowest BCUT2D eigenvalue weighted by atomic mass is 10.1. The van der Waals surface area contributed by atoms with E-state index in [1.807, 2.05) is 25.1 Å². The maximum atomic E-state index is 11.8. The third-order valence-corrected chi connectivity index (χ3v) is 2.53. The number of anilines is 1. The van der Waals surface area contributed by atoms with Crippen molar-refractivity contribution in [2.75, 3.05) is 25.6 Å². The molecule has 0 bridgehead atoms. The Morgan fingerprint density at radius 1 is 1.47 bits per heavy atom. The van der Waals surface area contributed by atoms with Crippen molar-refractivity contribution >= 4 is 11.6 Å². The van der Waals surface area contributed by atoms with E-state index in [0.717, 1.165) is 16.8 Å². The van der Waals surface area contributed by atoms with E-state index >= 15 is 0 Å². The highest BCUT2D eigenvalue weighted by Gasteiger charge is 2.06. The van der Waals surface area contributed by atoms with E-state index in [1.165, 1.54) is 0 Å². The van der Waals surface area contributed by atoms with Gasteiger partial charge >= 0.3 is 0 Å². The van der Waals surface area contributed by atoms with Crippen molar-refractivity contribution in [1.29, 1.82) is 0 Å². The fourth-order valence-electron chi connectivity index (χ4n) is 1.61. The Hall–Kier alpha value is -1.83. The standard InChI is InChI=1S/C15H20N2O2/c1-12-7-8-13(5-3-9-16)14(11-12)17-15(18)6-4-10-19-2/h7-8,11H,4,6,9-10,16H2,1-2H3,(H,17,18). The van der Waals surface area contributed by atoms with Crippen molar-refractivity contribution in [1.82, 2.24) is 0 Å². The van der Waals surface area contributed by atoms with Gasteiger partial charge in [-0.25, -0.2) is 0 Å². The van der Waals surface area contributed by atoms with Crippen molar-refractivity contribution < 1.29 is 9.53 Å². The number of nitrogens with one attached hydrogen (secondary N) is 1. The number of aryl methyl sites for hydroxylation is 1. The van der Waals surface area contributed by atoms with Gasteiger partial charge in [-0.3, -0.25) is 4.79 Å². The predicted molar refractivity (Wildman–Crippen MR) is 76.9 cm³/mol. The Bertz CT molecular complexity index is 487. The van der Waals surface area contributed by atoms with E-state index in [2.05, 4.69) is 17.2 Å². The van der Waals surface area contributed by atoms with Crippen LogP contribution in [0.4, 0.5) is 5.69 Å². The molecule has 1 aromatic carbocycles. The predicted octanol–water partition coefficient (Wildman–Crippen LogP) is 1.67. The van der Waals surface area contributed by atoms with Gasteiger partial charge in [0, 0.05) is 25.7 Å². The summed E-state index contributed by atoms with van der Waals surface area (Å²) in [7, 11) is 1.62. The highest BCUT2D eigenvalue weighted by atomic mass is 16.5. The zero-order valence-corrected chi connectivity index (χ0v) is 11.5. The highest BCUT2D eigenvalue weighted by Crippen LogP contribution is 2.17. The summed E-state index contributed by atoms with van der Waals surface area (Å²) in [4.78, 5) is 11.8. The highest BCUT2D eigenvalue weighted by molar-refractivity contribution is 5.92. The molecular weight excluding hydrogens is 240 g/mol. The van der Waals surface area contributed by atoms with Crippen molar-refractivity contribution in [3.05, 3.63) is 29.3 Å². The minimum atomic E-state index is -0.0292. The third kappa shape index (κ3) is 5.56. The first-order valence-electron chi connectivity index (χ1n) is 6.25. The lowest BCUT2D eigenvalue weighted by Crippen LogP contribution is -2.13. The molecule has 19 heavy (non-hydrogen) atoms. The summed E-state index contributed by atoms with van der Waals surface area (Å²) in [6, 6.07) is 5.76. The first-order valence-corrected chi connectivity index (χ1v) is 6.25. The van der Waals surface area contributed by atoms with E-state index in [-0.39, 0.29) is 5.91 Å². The molecule has 0 fully saturated rings. The third-order valence-electron chi connectivity index (χ3n) is 2.53.